The normalized spacial score (nSPS) is 10.5. The van der Waals surface area contributed by atoms with Crippen molar-refractivity contribution in [3.05, 3.63) is 69.2 Å². The Morgan fingerprint density at radius 1 is 0.676 bits per heavy atom. The van der Waals surface area contributed by atoms with Crippen molar-refractivity contribution in [3.63, 3.8) is 0 Å². The van der Waals surface area contributed by atoms with Gasteiger partial charge >= 0.3 is 11.9 Å². The number of halogens is 2. The standard InChI is InChI=1S/2C12H11ClN2O2/c1-3-17-12(16)10-11(13)15-8-5-4-7(2)6-9(8)14-10;1-3-17-12(16)10-11(13)15-9-6-7(2)4-5-8(9)14-10/h2*4-6H,3H2,1-2H3. The Bertz CT molecular complexity index is 1380. The maximum absolute atomic E-state index is 11.6. The van der Waals surface area contributed by atoms with Crippen LogP contribution in [0.3, 0.4) is 0 Å². The van der Waals surface area contributed by atoms with Crippen molar-refractivity contribution < 1.29 is 19.1 Å². The van der Waals surface area contributed by atoms with E-state index < -0.39 is 11.9 Å². The van der Waals surface area contributed by atoms with Gasteiger partial charge in [0.2, 0.25) is 0 Å². The Morgan fingerprint density at radius 3 is 1.53 bits per heavy atom. The van der Waals surface area contributed by atoms with Crippen LogP contribution in [-0.4, -0.2) is 45.1 Å². The van der Waals surface area contributed by atoms with Crippen molar-refractivity contribution in [1.82, 2.24) is 19.9 Å². The first-order chi connectivity index (χ1) is 16.2. The van der Waals surface area contributed by atoms with Crippen LogP contribution >= 0.6 is 23.2 Å². The van der Waals surface area contributed by atoms with Crippen molar-refractivity contribution in [2.24, 2.45) is 0 Å². The lowest BCUT2D eigenvalue weighted by molar-refractivity contribution is 0.0510. The first kappa shape index (κ1) is 25.3. The molecule has 34 heavy (non-hydrogen) atoms. The molecule has 2 aromatic carbocycles. The Hall–Kier alpha value is -3.36. The van der Waals surface area contributed by atoms with Crippen molar-refractivity contribution in [1.29, 1.82) is 0 Å². The summed E-state index contributed by atoms with van der Waals surface area (Å²) in [5.41, 5.74) is 4.82. The van der Waals surface area contributed by atoms with Crippen molar-refractivity contribution in [2.75, 3.05) is 13.2 Å². The lowest BCUT2D eigenvalue weighted by Gasteiger charge is -2.05. The number of carbonyl (C=O) groups excluding carboxylic acids is 2. The van der Waals surface area contributed by atoms with E-state index in [-0.39, 0.29) is 34.9 Å². The molecule has 176 valence electrons. The molecule has 0 spiro atoms. The van der Waals surface area contributed by atoms with E-state index in [1.54, 1.807) is 19.9 Å². The SMILES string of the molecule is CCOC(=O)c1nc2cc(C)ccc2nc1Cl.CCOC(=O)c1nc2ccc(C)cc2nc1Cl. The summed E-state index contributed by atoms with van der Waals surface area (Å²) < 4.78 is 9.72. The zero-order valence-corrected chi connectivity index (χ0v) is 20.6. The predicted octanol–water partition coefficient (Wildman–Crippen LogP) is 5.54. The van der Waals surface area contributed by atoms with Gasteiger partial charge in [0.1, 0.15) is 0 Å². The second-order valence-corrected chi connectivity index (χ2v) is 7.87. The lowest BCUT2D eigenvalue weighted by Crippen LogP contribution is -2.09. The number of esters is 2. The van der Waals surface area contributed by atoms with Gasteiger partial charge in [0.25, 0.3) is 0 Å². The summed E-state index contributed by atoms with van der Waals surface area (Å²) in [5, 5.41) is 0.140. The molecule has 0 radical (unpaired) electrons. The average Bonchev–Trinajstić information content (AvgIpc) is 2.79. The number of nitrogens with zero attached hydrogens (tertiary/aromatic N) is 4. The highest BCUT2D eigenvalue weighted by molar-refractivity contribution is 6.32. The van der Waals surface area contributed by atoms with Gasteiger partial charge in [-0.15, -0.1) is 0 Å². The van der Waals surface area contributed by atoms with Gasteiger partial charge in [0.05, 0.1) is 35.3 Å². The van der Waals surface area contributed by atoms with Crippen LogP contribution in [0.2, 0.25) is 10.3 Å². The molecule has 8 nitrogen and oxygen atoms in total. The van der Waals surface area contributed by atoms with Gasteiger partial charge in [-0.05, 0) is 63.1 Å². The van der Waals surface area contributed by atoms with E-state index in [0.717, 1.165) is 11.1 Å². The van der Waals surface area contributed by atoms with Crippen LogP contribution in [0.4, 0.5) is 0 Å². The van der Waals surface area contributed by atoms with Gasteiger partial charge in [-0.2, -0.15) is 0 Å². The number of hydrogen-bond donors (Lipinski definition) is 0. The zero-order valence-electron chi connectivity index (χ0n) is 19.1. The number of aromatic nitrogens is 4. The average molecular weight is 501 g/mol. The molecule has 2 heterocycles. The van der Waals surface area contributed by atoms with Gasteiger partial charge in [0.15, 0.2) is 21.7 Å². The van der Waals surface area contributed by atoms with E-state index in [2.05, 4.69) is 19.9 Å². The predicted molar refractivity (Wildman–Crippen MR) is 130 cm³/mol. The summed E-state index contributed by atoms with van der Waals surface area (Å²) in [7, 11) is 0. The van der Waals surface area contributed by atoms with Gasteiger partial charge in [-0.3, -0.25) is 0 Å². The monoisotopic (exact) mass is 500 g/mol. The Labute approximate surface area is 206 Å². The first-order valence-electron chi connectivity index (χ1n) is 10.5. The number of fused-ring (bicyclic) bond motifs is 2. The minimum atomic E-state index is -0.549. The Balaban J connectivity index is 0.000000191. The number of benzene rings is 2. The van der Waals surface area contributed by atoms with E-state index in [1.807, 2.05) is 44.2 Å². The molecular weight excluding hydrogens is 479 g/mol. The summed E-state index contributed by atoms with van der Waals surface area (Å²) in [6, 6.07) is 11.1. The number of aryl methyl sites for hydroxylation is 2. The summed E-state index contributed by atoms with van der Waals surface area (Å²) in [6.45, 7) is 7.91. The fraction of sp³-hybridized carbons (Fsp3) is 0.250. The molecule has 0 saturated carbocycles. The number of hydrogen-bond acceptors (Lipinski definition) is 8. The molecule has 0 atom stereocenters. The molecule has 4 rings (SSSR count). The molecular formula is C24H22Cl2N4O4. The Kier molecular flexibility index (Phi) is 8.31. The van der Waals surface area contributed by atoms with Gasteiger partial charge in [-0.25, -0.2) is 29.5 Å². The minimum absolute atomic E-state index is 0.0601. The quantitative estimate of drug-likeness (QED) is 0.336. The minimum Gasteiger partial charge on any atom is -0.461 e. The molecule has 0 N–H and O–H groups in total. The second-order valence-electron chi connectivity index (χ2n) is 7.15. The van der Waals surface area contributed by atoms with Crippen molar-refractivity contribution in [2.45, 2.75) is 27.7 Å². The smallest absolute Gasteiger partial charge is 0.360 e. The van der Waals surface area contributed by atoms with Crippen LogP contribution in [-0.2, 0) is 9.47 Å². The van der Waals surface area contributed by atoms with Gasteiger partial charge in [0, 0.05) is 0 Å². The van der Waals surface area contributed by atoms with E-state index in [4.69, 9.17) is 32.7 Å². The van der Waals surface area contributed by atoms with Crippen LogP contribution in [0.5, 0.6) is 0 Å². The van der Waals surface area contributed by atoms with Crippen LogP contribution in [0, 0.1) is 13.8 Å². The third-order valence-electron chi connectivity index (χ3n) is 4.49. The zero-order chi connectivity index (χ0) is 24.8. The summed E-state index contributed by atoms with van der Waals surface area (Å²) >= 11 is 11.8. The van der Waals surface area contributed by atoms with Crippen LogP contribution in [0.25, 0.3) is 22.1 Å². The second kappa shape index (κ2) is 11.2. The molecule has 0 bridgehead atoms. The molecule has 4 aromatic rings. The molecule has 0 aliphatic rings. The molecule has 0 saturated heterocycles. The van der Waals surface area contributed by atoms with Crippen LogP contribution < -0.4 is 0 Å². The van der Waals surface area contributed by atoms with E-state index >= 15 is 0 Å². The maximum Gasteiger partial charge on any atom is 0.360 e. The number of carbonyl (C=O) groups is 2. The van der Waals surface area contributed by atoms with Gasteiger partial charge in [-0.1, -0.05) is 35.3 Å². The summed E-state index contributed by atoms with van der Waals surface area (Å²) in [4.78, 5) is 39.8. The fourth-order valence-electron chi connectivity index (χ4n) is 2.94. The third kappa shape index (κ3) is 5.95. The molecule has 10 heteroatoms. The van der Waals surface area contributed by atoms with E-state index in [0.29, 0.717) is 22.1 Å². The molecule has 0 unspecified atom stereocenters. The summed E-state index contributed by atoms with van der Waals surface area (Å²) in [5.74, 6) is -1.10. The van der Waals surface area contributed by atoms with Crippen molar-refractivity contribution >= 4 is 57.2 Å². The van der Waals surface area contributed by atoms with Crippen LogP contribution in [0.1, 0.15) is 46.0 Å². The number of rotatable bonds is 4. The van der Waals surface area contributed by atoms with Crippen LogP contribution in [0.15, 0.2) is 36.4 Å². The molecule has 0 fully saturated rings. The highest BCUT2D eigenvalue weighted by atomic mass is 35.5. The molecule has 0 aliphatic carbocycles. The molecule has 2 aromatic heterocycles. The molecule has 0 amide bonds. The van der Waals surface area contributed by atoms with E-state index in [9.17, 15) is 9.59 Å². The largest absolute Gasteiger partial charge is 0.461 e. The van der Waals surface area contributed by atoms with Gasteiger partial charge < -0.3 is 9.47 Å². The highest BCUT2D eigenvalue weighted by Crippen LogP contribution is 2.20. The van der Waals surface area contributed by atoms with E-state index in [1.165, 1.54) is 0 Å². The fourth-order valence-corrected chi connectivity index (χ4v) is 3.37. The highest BCUT2D eigenvalue weighted by Gasteiger charge is 2.17. The maximum atomic E-state index is 11.6. The first-order valence-corrected chi connectivity index (χ1v) is 11.2. The Morgan fingerprint density at radius 2 is 1.06 bits per heavy atom. The topological polar surface area (TPSA) is 104 Å². The third-order valence-corrected chi connectivity index (χ3v) is 5.02. The molecule has 0 aliphatic heterocycles. The summed E-state index contributed by atoms with van der Waals surface area (Å²) in [6.07, 6.45) is 0. The van der Waals surface area contributed by atoms with Crippen molar-refractivity contribution in [3.8, 4) is 0 Å². The number of ether oxygens (including phenoxy) is 2. The lowest BCUT2D eigenvalue weighted by atomic mass is 10.2.